The van der Waals surface area contributed by atoms with Crippen molar-refractivity contribution < 1.29 is 9.53 Å². The molecule has 0 unspecified atom stereocenters. The van der Waals surface area contributed by atoms with Crippen LogP contribution in [0.1, 0.15) is 16.7 Å². The number of nitrogens with one attached hydrogen (secondary N) is 2. The fourth-order valence-corrected chi connectivity index (χ4v) is 2.89. The van der Waals surface area contributed by atoms with Gasteiger partial charge in [0.25, 0.3) is 5.91 Å². The molecule has 0 heterocycles. The number of carbonyl (C=O) groups excluding carboxylic acids is 1. The largest absolute Gasteiger partial charge is 0.489 e. The number of hydrogen-bond acceptors (Lipinski definition) is 5. The lowest BCUT2D eigenvalue weighted by molar-refractivity contribution is -0.119. The molecule has 3 aromatic rings. The first-order valence-corrected chi connectivity index (χ1v) is 10.2. The Morgan fingerprint density at radius 1 is 1.07 bits per heavy atom. The number of nitrogens with zero attached hydrogens (tertiary/aromatic N) is 2. The van der Waals surface area contributed by atoms with Gasteiger partial charge < -0.3 is 10.1 Å². The molecule has 0 aromatic heterocycles. The first-order valence-electron chi connectivity index (χ1n) is 9.16. The number of benzene rings is 3. The number of rotatable bonds is 8. The minimum atomic E-state index is -0.235. The summed E-state index contributed by atoms with van der Waals surface area (Å²) in [7, 11) is 0. The molecule has 0 aliphatic carbocycles. The van der Waals surface area contributed by atoms with E-state index in [0.29, 0.717) is 17.9 Å². The van der Waals surface area contributed by atoms with Crippen LogP contribution in [0.15, 0.2) is 77.9 Å². The minimum Gasteiger partial charge on any atom is -0.489 e. The summed E-state index contributed by atoms with van der Waals surface area (Å²) in [4.78, 5) is 11.9. The average Bonchev–Trinajstić information content (AvgIpc) is 2.78. The van der Waals surface area contributed by atoms with Crippen molar-refractivity contribution in [3.63, 3.8) is 0 Å². The van der Waals surface area contributed by atoms with Crippen molar-refractivity contribution in [2.75, 3.05) is 11.9 Å². The maximum Gasteiger partial charge on any atom is 0.259 e. The first-order chi connectivity index (χ1) is 14.6. The number of ether oxygens (including phenoxy) is 1. The van der Waals surface area contributed by atoms with E-state index in [4.69, 9.17) is 10.00 Å². The molecule has 0 atom stereocenters. The van der Waals surface area contributed by atoms with Crippen molar-refractivity contribution in [3.8, 4) is 11.8 Å². The van der Waals surface area contributed by atoms with Gasteiger partial charge in [0.15, 0.2) is 0 Å². The van der Waals surface area contributed by atoms with Crippen molar-refractivity contribution in [1.82, 2.24) is 5.43 Å². The SMILES string of the molecule is N#Cc1ccccc1COc1ccc(/C=N\NC(=O)CNc2ccc(I)cc2)cc1. The molecule has 30 heavy (non-hydrogen) atoms. The molecule has 0 bridgehead atoms. The summed E-state index contributed by atoms with van der Waals surface area (Å²) in [5.41, 5.74) is 5.64. The van der Waals surface area contributed by atoms with E-state index in [9.17, 15) is 4.79 Å². The summed E-state index contributed by atoms with van der Waals surface area (Å²) in [6.07, 6.45) is 1.57. The number of hydrogen-bond donors (Lipinski definition) is 2. The highest BCUT2D eigenvalue weighted by Crippen LogP contribution is 2.15. The molecule has 150 valence electrons. The Bertz CT molecular complexity index is 1060. The first kappa shape index (κ1) is 21.3. The molecule has 7 heteroatoms. The average molecular weight is 510 g/mol. The van der Waals surface area contributed by atoms with Crippen LogP contribution in [0.25, 0.3) is 0 Å². The number of anilines is 1. The molecule has 0 spiro atoms. The molecule has 0 radical (unpaired) electrons. The highest BCUT2D eigenvalue weighted by atomic mass is 127. The van der Waals surface area contributed by atoms with Gasteiger partial charge in [0.2, 0.25) is 0 Å². The van der Waals surface area contributed by atoms with Crippen LogP contribution in [0.3, 0.4) is 0 Å². The van der Waals surface area contributed by atoms with Gasteiger partial charge in [-0.2, -0.15) is 10.4 Å². The molecular formula is C23H19IN4O2. The summed E-state index contributed by atoms with van der Waals surface area (Å²) >= 11 is 2.23. The molecule has 0 saturated carbocycles. The van der Waals surface area contributed by atoms with Crippen LogP contribution in [0, 0.1) is 14.9 Å². The number of nitriles is 1. The summed E-state index contributed by atoms with van der Waals surface area (Å²) in [6, 6.07) is 24.6. The van der Waals surface area contributed by atoms with Crippen LogP contribution in [-0.2, 0) is 11.4 Å². The summed E-state index contributed by atoms with van der Waals surface area (Å²) in [5.74, 6) is 0.451. The third kappa shape index (κ3) is 6.60. The van der Waals surface area contributed by atoms with E-state index in [2.05, 4.69) is 44.5 Å². The molecule has 0 saturated heterocycles. The predicted molar refractivity (Wildman–Crippen MR) is 125 cm³/mol. The molecule has 0 aliphatic heterocycles. The lowest BCUT2D eigenvalue weighted by Gasteiger charge is -2.07. The van der Waals surface area contributed by atoms with Gasteiger partial charge in [0, 0.05) is 14.8 Å². The molecule has 1 amide bonds. The Labute approximate surface area is 188 Å². The standard InChI is InChI=1S/C23H19IN4O2/c24-20-7-9-21(10-8-20)26-15-23(29)28-27-14-17-5-11-22(12-6-17)30-16-19-4-2-1-3-18(19)13-25/h1-12,14,26H,15-16H2,(H,28,29)/b27-14-. The van der Waals surface area contributed by atoms with Gasteiger partial charge in [0.05, 0.1) is 24.4 Å². The fraction of sp³-hybridized carbons (Fsp3) is 0.0870. The zero-order valence-electron chi connectivity index (χ0n) is 16.0. The maximum absolute atomic E-state index is 11.9. The van der Waals surface area contributed by atoms with Crippen LogP contribution in [0.4, 0.5) is 5.69 Å². The maximum atomic E-state index is 11.9. The van der Waals surface area contributed by atoms with Crippen molar-refractivity contribution in [3.05, 3.63) is 93.1 Å². The predicted octanol–water partition coefficient (Wildman–Crippen LogP) is 4.30. The summed E-state index contributed by atoms with van der Waals surface area (Å²) < 4.78 is 6.87. The van der Waals surface area contributed by atoms with Crippen LogP contribution in [0.5, 0.6) is 5.75 Å². The Morgan fingerprint density at radius 2 is 1.80 bits per heavy atom. The second-order valence-electron chi connectivity index (χ2n) is 6.28. The Morgan fingerprint density at radius 3 is 2.53 bits per heavy atom. The third-order valence-electron chi connectivity index (χ3n) is 4.11. The Balaban J connectivity index is 1.44. The number of halogens is 1. The summed E-state index contributed by atoms with van der Waals surface area (Å²) in [5, 5.41) is 16.1. The molecule has 6 nitrogen and oxygen atoms in total. The quantitative estimate of drug-likeness (QED) is 0.269. The van der Waals surface area contributed by atoms with Crippen molar-refractivity contribution >= 4 is 40.4 Å². The van der Waals surface area contributed by atoms with Gasteiger partial charge in [-0.3, -0.25) is 4.79 Å². The Kier molecular flexibility index (Phi) is 7.80. The lowest BCUT2D eigenvalue weighted by Crippen LogP contribution is -2.25. The smallest absolute Gasteiger partial charge is 0.259 e. The second-order valence-corrected chi connectivity index (χ2v) is 7.53. The summed E-state index contributed by atoms with van der Waals surface area (Å²) in [6.45, 7) is 0.454. The van der Waals surface area contributed by atoms with Crippen molar-refractivity contribution in [1.29, 1.82) is 5.26 Å². The molecule has 0 aliphatic rings. The molecule has 2 N–H and O–H groups in total. The topological polar surface area (TPSA) is 86.5 Å². The van der Waals surface area contributed by atoms with Gasteiger partial charge in [0.1, 0.15) is 12.4 Å². The van der Waals surface area contributed by atoms with Gasteiger partial charge in [-0.15, -0.1) is 0 Å². The number of hydrazone groups is 1. The normalized spacial score (nSPS) is 10.4. The fourth-order valence-electron chi connectivity index (χ4n) is 2.53. The van der Waals surface area contributed by atoms with E-state index in [-0.39, 0.29) is 12.5 Å². The zero-order valence-corrected chi connectivity index (χ0v) is 18.2. The molecule has 0 fully saturated rings. The molecular weight excluding hydrogens is 491 g/mol. The van der Waals surface area contributed by atoms with Crippen molar-refractivity contribution in [2.45, 2.75) is 6.61 Å². The lowest BCUT2D eigenvalue weighted by atomic mass is 10.1. The van der Waals surface area contributed by atoms with E-state index in [1.165, 1.54) is 0 Å². The minimum absolute atomic E-state index is 0.134. The van der Waals surface area contributed by atoms with Gasteiger partial charge in [-0.1, -0.05) is 18.2 Å². The van der Waals surface area contributed by atoms with E-state index >= 15 is 0 Å². The number of carbonyl (C=O) groups is 1. The van der Waals surface area contributed by atoms with Gasteiger partial charge >= 0.3 is 0 Å². The monoisotopic (exact) mass is 510 g/mol. The van der Waals surface area contributed by atoms with Crippen molar-refractivity contribution in [2.24, 2.45) is 5.10 Å². The van der Waals surface area contributed by atoms with E-state index < -0.39 is 0 Å². The third-order valence-corrected chi connectivity index (χ3v) is 4.83. The molecule has 3 rings (SSSR count). The Hall–Kier alpha value is -3.38. The second kappa shape index (κ2) is 11.0. The number of amides is 1. The van der Waals surface area contributed by atoms with E-state index in [0.717, 1.165) is 20.4 Å². The van der Waals surface area contributed by atoms with E-state index in [1.54, 1.807) is 12.3 Å². The highest BCUT2D eigenvalue weighted by Gasteiger charge is 2.02. The van der Waals surface area contributed by atoms with Gasteiger partial charge in [-0.05, 0) is 82.8 Å². The molecule has 3 aromatic carbocycles. The van der Waals surface area contributed by atoms with E-state index in [1.807, 2.05) is 66.7 Å². The zero-order chi connectivity index (χ0) is 21.2. The van der Waals surface area contributed by atoms with Gasteiger partial charge in [-0.25, -0.2) is 5.43 Å². The van der Waals surface area contributed by atoms with Crippen LogP contribution in [0.2, 0.25) is 0 Å². The van der Waals surface area contributed by atoms with Crippen LogP contribution in [-0.4, -0.2) is 18.7 Å². The van der Waals surface area contributed by atoms with Crippen LogP contribution >= 0.6 is 22.6 Å². The van der Waals surface area contributed by atoms with Crippen LogP contribution < -0.4 is 15.5 Å². The highest BCUT2D eigenvalue weighted by molar-refractivity contribution is 14.1.